The highest BCUT2D eigenvalue weighted by molar-refractivity contribution is 9.10. The minimum atomic E-state index is -0.683. The molecule has 1 N–H and O–H groups in total. The van der Waals surface area contributed by atoms with Gasteiger partial charge in [-0.3, -0.25) is 4.68 Å². The van der Waals surface area contributed by atoms with Gasteiger partial charge < -0.3 is 5.11 Å². The van der Waals surface area contributed by atoms with Crippen molar-refractivity contribution in [2.45, 2.75) is 26.0 Å². The number of halogens is 2. The smallest absolute Gasteiger partial charge is 0.122 e. The summed E-state index contributed by atoms with van der Waals surface area (Å²) in [7, 11) is 0. The molecule has 1 heterocycles. The number of aliphatic hydroxyl groups excluding tert-OH is 1. The predicted molar refractivity (Wildman–Crippen MR) is 78.5 cm³/mol. The van der Waals surface area contributed by atoms with Crippen molar-refractivity contribution in [2.75, 3.05) is 0 Å². The molecule has 5 heteroatoms. The Morgan fingerprint density at radius 3 is 2.33 bits per heavy atom. The fourth-order valence-electron chi connectivity index (χ4n) is 1.82. The molecule has 0 bridgehead atoms. The first kappa shape index (κ1) is 13.8. The van der Waals surface area contributed by atoms with Gasteiger partial charge in [-0.05, 0) is 47.5 Å². The van der Waals surface area contributed by atoms with Gasteiger partial charge in [0.05, 0.1) is 16.4 Å². The van der Waals surface area contributed by atoms with Crippen molar-refractivity contribution in [3.63, 3.8) is 0 Å². The minimum Gasteiger partial charge on any atom is -0.382 e. The lowest BCUT2D eigenvalue weighted by molar-refractivity contribution is 0.204. The summed E-state index contributed by atoms with van der Waals surface area (Å²) in [6, 6.07) is 7.85. The Morgan fingerprint density at radius 2 is 1.78 bits per heavy atom. The van der Waals surface area contributed by atoms with E-state index < -0.39 is 6.10 Å². The van der Waals surface area contributed by atoms with Gasteiger partial charge in [0.25, 0.3) is 0 Å². The monoisotopic (exact) mass is 372 g/mol. The Labute approximate surface area is 123 Å². The van der Waals surface area contributed by atoms with Crippen LogP contribution in [0.5, 0.6) is 0 Å². The lowest BCUT2D eigenvalue weighted by Gasteiger charge is -2.17. The van der Waals surface area contributed by atoms with Crippen molar-refractivity contribution < 1.29 is 5.11 Å². The molecule has 0 aliphatic carbocycles. The first-order valence-electron chi connectivity index (χ1n) is 5.67. The number of aromatic nitrogens is 2. The van der Waals surface area contributed by atoms with E-state index in [1.165, 1.54) is 0 Å². The van der Waals surface area contributed by atoms with Gasteiger partial charge in [-0.25, -0.2) is 0 Å². The molecule has 0 saturated carbocycles. The van der Waals surface area contributed by atoms with E-state index in [4.69, 9.17) is 0 Å². The zero-order valence-electron chi connectivity index (χ0n) is 10.1. The van der Waals surface area contributed by atoms with Gasteiger partial charge >= 0.3 is 0 Å². The van der Waals surface area contributed by atoms with Gasteiger partial charge in [0.15, 0.2) is 0 Å². The Bertz CT molecular complexity index is 534. The van der Waals surface area contributed by atoms with E-state index in [0.717, 1.165) is 20.2 Å². The number of aliphatic hydroxyl groups is 1. The molecule has 0 spiro atoms. The van der Waals surface area contributed by atoms with E-state index in [0.29, 0.717) is 0 Å². The largest absolute Gasteiger partial charge is 0.382 e. The van der Waals surface area contributed by atoms with E-state index in [1.54, 1.807) is 6.20 Å². The van der Waals surface area contributed by atoms with E-state index >= 15 is 0 Å². The fourth-order valence-corrected chi connectivity index (χ4v) is 2.58. The maximum absolute atomic E-state index is 10.5. The minimum absolute atomic E-state index is 0.205. The van der Waals surface area contributed by atoms with Gasteiger partial charge in [0, 0.05) is 10.5 Å². The van der Waals surface area contributed by atoms with Crippen LogP contribution in [0.1, 0.15) is 37.3 Å². The van der Waals surface area contributed by atoms with Crippen LogP contribution in [0.3, 0.4) is 0 Å². The van der Waals surface area contributed by atoms with Crippen LogP contribution in [-0.4, -0.2) is 14.9 Å². The molecule has 0 aliphatic rings. The maximum atomic E-state index is 10.5. The lowest BCUT2D eigenvalue weighted by Crippen LogP contribution is -2.12. The molecule has 0 aliphatic heterocycles. The van der Waals surface area contributed by atoms with E-state index in [-0.39, 0.29) is 6.04 Å². The third-order valence-corrected chi connectivity index (χ3v) is 3.86. The number of benzene rings is 1. The summed E-state index contributed by atoms with van der Waals surface area (Å²) in [5.41, 5.74) is 1.63. The summed E-state index contributed by atoms with van der Waals surface area (Å²) in [6.07, 6.45) is 1.04. The van der Waals surface area contributed by atoms with Crippen LogP contribution in [-0.2, 0) is 0 Å². The molecular weight excluding hydrogens is 360 g/mol. The Morgan fingerprint density at radius 1 is 1.17 bits per heavy atom. The molecule has 1 aromatic carbocycles. The third kappa shape index (κ3) is 2.68. The third-order valence-electron chi connectivity index (χ3n) is 2.72. The summed E-state index contributed by atoms with van der Waals surface area (Å²) >= 11 is 6.83. The Balaban J connectivity index is 2.42. The van der Waals surface area contributed by atoms with Crippen LogP contribution < -0.4 is 0 Å². The van der Waals surface area contributed by atoms with Crippen LogP contribution >= 0.6 is 31.9 Å². The van der Waals surface area contributed by atoms with Crippen LogP contribution in [0.15, 0.2) is 39.4 Å². The molecule has 3 nitrogen and oxygen atoms in total. The van der Waals surface area contributed by atoms with E-state index in [9.17, 15) is 5.11 Å². The second-order valence-electron chi connectivity index (χ2n) is 4.37. The Hall–Kier alpha value is -0.650. The van der Waals surface area contributed by atoms with E-state index in [1.807, 2.05) is 42.8 Å². The molecule has 2 rings (SSSR count). The molecule has 1 aromatic heterocycles. The topological polar surface area (TPSA) is 38.0 Å². The molecule has 1 atom stereocenters. The number of hydrogen-bond donors (Lipinski definition) is 1. The molecule has 0 amide bonds. The predicted octanol–water partition coefficient (Wildman–Crippen LogP) is 4.07. The summed E-state index contributed by atoms with van der Waals surface area (Å²) in [4.78, 5) is 0. The molecule has 18 heavy (non-hydrogen) atoms. The van der Waals surface area contributed by atoms with Crippen molar-refractivity contribution >= 4 is 31.9 Å². The fraction of sp³-hybridized carbons (Fsp3) is 0.308. The standard InChI is InChI=1S/C13H14Br2N2O/c1-8(2)17-12(11(15)7-16-17)13(18)9-3-5-10(14)6-4-9/h3-8,13,18H,1-2H3. The molecule has 0 saturated heterocycles. The second-order valence-corrected chi connectivity index (χ2v) is 6.14. The first-order chi connectivity index (χ1) is 8.50. The number of rotatable bonds is 3. The van der Waals surface area contributed by atoms with E-state index in [2.05, 4.69) is 37.0 Å². The molecule has 2 aromatic rings. The number of nitrogens with zero attached hydrogens (tertiary/aromatic N) is 2. The quantitative estimate of drug-likeness (QED) is 0.880. The van der Waals surface area contributed by atoms with Gasteiger partial charge in [-0.15, -0.1) is 0 Å². The summed E-state index contributed by atoms with van der Waals surface area (Å²) in [5.74, 6) is 0. The summed E-state index contributed by atoms with van der Waals surface area (Å²) in [6.45, 7) is 4.08. The summed E-state index contributed by atoms with van der Waals surface area (Å²) in [5, 5.41) is 14.8. The lowest BCUT2D eigenvalue weighted by atomic mass is 10.1. The van der Waals surface area contributed by atoms with Gasteiger partial charge in [-0.2, -0.15) is 5.10 Å². The SMILES string of the molecule is CC(C)n1ncc(Br)c1C(O)c1ccc(Br)cc1. The van der Waals surface area contributed by atoms with Crippen LogP contribution in [0.25, 0.3) is 0 Å². The zero-order valence-corrected chi connectivity index (χ0v) is 13.3. The Kier molecular flexibility index (Phi) is 4.25. The van der Waals surface area contributed by atoms with Crippen molar-refractivity contribution in [2.24, 2.45) is 0 Å². The van der Waals surface area contributed by atoms with Crippen LogP contribution in [0.4, 0.5) is 0 Å². The molecule has 1 unspecified atom stereocenters. The van der Waals surface area contributed by atoms with Crippen molar-refractivity contribution in [1.29, 1.82) is 0 Å². The highest BCUT2D eigenvalue weighted by Crippen LogP contribution is 2.30. The molecular formula is C13H14Br2N2O. The van der Waals surface area contributed by atoms with Crippen molar-refractivity contribution in [1.82, 2.24) is 9.78 Å². The highest BCUT2D eigenvalue weighted by atomic mass is 79.9. The van der Waals surface area contributed by atoms with Crippen molar-refractivity contribution in [3.05, 3.63) is 50.7 Å². The van der Waals surface area contributed by atoms with Gasteiger partial charge in [-0.1, -0.05) is 28.1 Å². The molecule has 0 radical (unpaired) electrons. The van der Waals surface area contributed by atoms with Gasteiger partial charge in [0.2, 0.25) is 0 Å². The second kappa shape index (κ2) is 5.55. The average Bonchev–Trinajstić information content (AvgIpc) is 2.71. The normalized spacial score (nSPS) is 13.0. The van der Waals surface area contributed by atoms with Crippen LogP contribution in [0.2, 0.25) is 0 Å². The van der Waals surface area contributed by atoms with Gasteiger partial charge in [0.1, 0.15) is 6.10 Å². The molecule has 96 valence electrons. The maximum Gasteiger partial charge on any atom is 0.122 e. The first-order valence-corrected chi connectivity index (χ1v) is 7.25. The van der Waals surface area contributed by atoms with Crippen molar-refractivity contribution in [3.8, 4) is 0 Å². The zero-order chi connectivity index (χ0) is 13.3. The average molecular weight is 374 g/mol. The number of hydrogen-bond acceptors (Lipinski definition) is 2. The van der Waals surface area contributed by atoms with Crippen LogP contribution in [0, 0.1) is 0 Å². The molecule has 0 fully saturated rings. The summed E-state index contributed by atoms with van der Waals surface area (Å²) < 4.78 is 3.65. The highest BCUT2D eigenvalue weighted by Gasteiger charge is 2.20.